The molecule has 0 aliphatic rings. The lowest BCUT2D eigenvalue weighted by Gasteiger charge is -2.12. The van der Waals surface area contributed by atoms with Crippen LogP contribution in [0.1, 0.15) is 21.5 Å². The number of halogens is 3. The molecule has 1 rings (SSSR count). The highest BCUT2D eigenvalue weighted by Gasteiger charge is 2.31. The SMILES string of the molecule is N#Cc1c(C(=O)O)ccc(SC(F)(F)F)c1CO. The first-order chi connectivity index (χ1) is 8.30. The van der Waals surface area contributed by atoms with E-state index in [1.165, 1.54) is 6.07 Å². The van der Waals surface area contributed by atoms with Gasteiger partial charge in [0.05, 0.1) is 17.7 Å². The summed E-state index contributed by atoms with van der Waals surface area (Å²) in [5.74, 6) is -1.44. The van der Waals surface area contributed by atoms with Crippen molar-refractivity contribution in [3.05, 3.63) is 28.8 Å². The van der Waals surface area contributed by atoms with Crippen LogP contribution in [-0.4, -0.2) is 21.7 Å². The number of thioether (sulfide) groups is 1. The maximum absolute atomic E-state index is 12.2. The zero-order valence-electron chi connectivity index (χ0n) is 8.65. The molecule has 96 valence electrons. The van der Waals surface area contributed by atoms with Crippen molar-refractivity contribution in [2.45, 2.75) is 17.0 Å². The van der Waals surface area contributed by atoms with Crippen LogP contribution in [0.4, 0.5) is 13.2 Å². The van der Waals surface area contributed by atoms with Crippen LogP contribution >= 0.6 is 11.8 Å². The fraction of sp³-hybridized carbons (Fsp3) is 0.200. The molecular formula is C10H6F3NO3S. The minimum atomic E-state index is -4.58. The van der Waals surface area contributed by atoms with Gasteiger partial charge >= 0.3 is 11.5 Å². The largest absolute Gasteiger partial charge is 0.478 e. The van der Waals surface area contributed by atoms with Crippen LogP contribution in [0.15, 0.2) is 17.0 Å². The van der Waals surface area contributed by atoms with E-state index in [1.54, 1.807) is 0 Å². The molecule has 0 saturated carbocycles. The van der Waals surface area contributed by atoms with E-state index in [9.17, 15) is 18.0 Å². The van der Waals surface area contributed by atoms with Crippen LogP contribution < -0.4 is 0 Å². The lowest BCUT2D eigenvalue weighted by atomic mass is 10.0. The molecule has 0 bridgehead atoms. The summed E-state index contributed by atoms with van der Waals surface area (Å²) in [4.78, 5) is 10.4. The molecule has 4 nitrogen and oxygen atoms in total. The summed E-state index contributed by atoms with van der Waals surface area (Å²) in [5, 5.41) is 26.6. The molecule has 0 aliphatic heterocycles. The van der Waals surface area contributed by atoms with Crippen LogP contribution in [0, 0.1) is 11.3 Å². The Kier molecular flexibility index (Phi) is 4.21. The van der Waals surface area contributed by atoms with Gasteiger partial charge in [-0.2, -0.15) is 18.4 Å². The molecule has 1 aromatic rings. The molecule has 2 N–H and O–H groups in total. The Labute approximate surface area is 104 Å². The average molecular weight is 277 g/mol. The Morgan fingerprint density at radius 3 is 2.44 bits per heavy atom. The first-order valence-corrected chi connectivity index (χ1v) is 5.27. The maximum Gasteiger partial charge on any atom is 0.446 e. The minimum absolute atomic E-state index is 0.334. The number of carbonyl (C=O) groups is 1. The van der Waals surface area contributed by atoms with Crippen LogP contribution in [0.2, 0.25) is 0 Å². The van der Waals surface area contributed by atoms with Crippen molar-refractivity contribution in [3.8, 4) is 6.07 Å². The summed E-state index contributed by atoms with van der Waals surface area (Å²) >= 11 is -0.502. The van der Waals surface area contributed by atoms with Crippen molar-refractivity contribution in [3.63, 3.8) is 0 Å². The molecule has 0 atom stereocenters. The van der Waals surface area contributed by atoms with Gasteiger partial charge in [0.15, 0.2) is 0 Å². The quantitative estimate of drug-likeness (QED) is 0.829. The second-order valence-corrected chi connectivity index (χ2v) is 4.19. The van der Waals surface area contributed by atoms with Crippen LogP contribution in [0.3, 0.4) is 0 Å². The number of benzene rings is 1. The standard InChI is InChI=1S/C10H6F3NO3S/c11-10(12,13)18-8-2-1-5(9(16)17)6(3-14)7(8)4-15/h1-2,15H,4H2,(H,16,17). The molecule has 0 amide bonds. The third-order valence-corrected chi connectivity index (χ3v) is 2.83. The number of nitrogens with zero attached hydrogens (tertiary/aromatic N) is 1. The minimum Gasteiger partial charge on any atom is -0.478 e. The van der Waals surface area contributed by atoms with Gasteiger partial charge in [-0.3, -0.25) is 0 Å². The van der Waals surface area contributed by atoms with Gasteiger partial charge in [-0.25, -0.2) is 4.79 Å². The number of carboxylic acids is 1. The summed E-state index contributed by atoms with van der Waals surface area (Å²) in [6.45, 7) is -0.845. The Hall–Kier alpha value is -1.72. The van der Waals surface area contributed by atoms with Gasteiger partial charge in [-0.1, -0.05) is 0 Å². The first-order valence-electron chi connectivity index (χ1n) is 4.46. The second-order valence-electron chi connectivity index (χ2n) is 3.09. The second kappa shape index (κ2) is 5.29. The molecule has 0 aliphatic carbocycles. The van der Waals surface area contributed by atoms with E-state index in [4.69, 9.17) is 15.5 Å². The molecule has 0 saturated heterocycles. The predicted octanol–water partition coefficient (Wildman–Crippen LogP) is 2.36. The number of rotatable bonds is 3. The molecule has 0 fully saturated rings. The first kappa shape index (κ1) is 14.3. The molecule has 8 heteroatoms. The van der Waals surface area contributed by atoms with Crippen LogP contribution in [-0.2, 0) is 6.61 Å². The summed E-state index contributed by atoms with van der Waals surface area (Å²) < 4.78 is 36.7. The van der Waals surface area contributed by atoms with Crippen molar-refractivity contribution < 1.29 is 28.2 Å². The van der Waals surface area contributed by atoms with E-state index in [0.717, 1.165) is 12.1 Å². The number of hydrogen-bond donors (Lipinski definition) is 2. The molecular weight excluding hydrogens is 271 g/mol. The monoisotopic (exact) mass is 277 g/mol. The zero-order valence-corrected chi connectivity index (χ0v) is 9.47. The lowest BCUT2D eigenvalue weighted by Crippen LogP contribution is -2.07. The third-order valence-electron chi connectivity index (χ3n) is 2.00. The molecule has 1 aromatic carbocycles. The number of aromatic carboxylic acids is 1. The number of alkyl halides is 3. The van der Waals surface area contributed by atoms with Gasteiger partial charge < -0.3 is 10.2 Å². The summed E-state index contributed by atoms with van der Waals surface area (Å²) in [5.41, 5.74) is -5.81. The van der Waals surface area contributed by atoms with E-state index < -0.39 is 41.0 Å². The van der Waals surface area contributed by atoms with E-state index in [-0.39, 0.29) is 10.5 Å². The van der Waals surface area contributed by atoms with E-state index in [0.29, 0.717) is 0 Å². The zero-order chi connectivity index (χ0) is 13.9. The number of hydrogen-bond acceptors (Lipinski definition) is 4. The topological polar surface area (TPSA) is 81.3 Å². The fourth-order valence-corrected chi connectivity index (χ4v) is 1.99. The third kappa shape index (κ3) is 3.15. The Balaban J connectivity index is 3.41. The highest BCUT2D eigenvalue weighted by molar-refractivity contribution is 8.00. The summed E-state index contributed by atoms with van der Waals surface area (Å²) in [6.07, 6.45) is 0. The van der Waals surface area contributed by atoms with Gasteiger partial charge in [0, 0.05) is 10.5 Å². The molecule has 0 aromatic heterocycles. The number of nitriles is 1. The lowest BCUT2D eigenvalue weighted by molar-refractivity contribution is -0.0328. The molecule has 0 radical (unpaired) electrons. The van der Waals surface area contributed by atoms with Gasteiger partial charge in [0.2, 0.25) is 0 Å². The molecule has 18 heavy (non-hydrogen) atoms. The van der Waals surface area contributed by atoms with E-state index in [2.05, 4.69) is 0 Å². The van der Waals surface area contributed by atoms with Gasteiger partial charge in [-0.15, -0.1) is 0 Å². The smallest absolute Gasteiger partial charge is 0.446 e. The number of carboxylic acid groups (broad SMARTS) is 1. The summed E-state index contributed by atoms with van der Waals surface area (Å²) in [7, 11) is 0. The van der Waals surface area contributed by atoms with Gasteiger partial charge in [0.1, 0.15) is 6.07 Å². The highest BCUT2D eigenvalue weighted by Crippen LogP contribution is 2.39. The van der Waals surface area contributed by atoms with Crippen LogP contribution in [0.5, 0.6) is 0 Å². The highest BCUT2D eigenvalue weighted by atomic mass is 32.2. The van der Waals surface area contributed by atoms with Gasteiger partial charge in [-0.05, 0) is 23.9 Å². The van der Waals surface area contributed by atoms with Crippen LogP contribution in [0.25, 0.3) is 0 Å². The van der Waals surface area contributed by atoms with Gasteiger partial charge in [0.25, 0.3) is 0 Å². The number of aliphatic hydroxyl groups excluding tert-OH is 1. The van der Waals surface area contributed by atoms with Crippen molar-refractivity contribution in [1.29, 1.82) is 5.26 Å². The molecule has 0 heterocycles. The molecule has 0 unspecified atom stereocenters. The van der Waals surface area contributed by atoms with E-state index >= 15 is 0 Å². The predicted molar refractivity (Wildman–Crippen MR) is 56.0 cm³/mol. The van der Waals surface area contributed by atoms with Crippen molar-refractivity contribution >= 4 is 17.7 Å². The average Bonchev–Trinajstić information content (AvgIpc) is 2.25. The van der Waals surface area contributed by atoms with E-state index in [1.807, 2.05) is 0 Å². The maximum atomic E-state index is 12.2. The van der Waals surface area contributed by atoms with Crippen molar-refractivity contribution in [2.24, 2.45) is 0 Å². The normalized spacial score (nSPS) is 11.1. The Morgan fingerprint density at radius 1 is 1.44 bits per heavy atom. The fourth-order valence-electron chi connectivity index (χ4n) is 1.31. The van der Waals surface area contributed by atoms with Crippen molar-refractivity contribution in [2.75, 3.05) is 0 Å². The number of aliphatic hydroxyl groups is 1. The molecule has 0 spiro atoms. The van der Waals surface area contributed by atoms with Crippen molar-refractivity contribution in [1.82, 2.24) is 0 Å². The summed E-state index contributed by atoms with van der Waals surface area (Å²) in [6, 6.07) is 3.34. The Bertz CT molecular complexity index is 522. The Morgan fingerprint density at radius 2 is 2.06 bits per heavy atom.